The van der Waals surface area contributed by atoms with Crippen molar-refractivity contribution in [3.63, 3.8) is 0 Å². The number of esters is 1. The van der Waals surface area contributed by atoms with Gasteiger partial charge in [0.1, 0.15) is 5.00 Å². The van der Waals surface area contributed by atoms with Crippen molar-refractivity contribution in [1.82, 2.24) is 9.78 Å². The Hall–Kier alpha value is -2.39. The number of thiophene rings is 1. The van der Waals surface area contributed by atoms with Crippen LogP contribution >= 0.6 is 22.9 Å². The second-order valence-electron chi connectivity index (χ2n) is 6.27. The summed E-state index contributed by atoms with van der Waals surface area (Å²) in [4.78, 5) is 36.6. The van der Waals surface area contributed by atoms with Crippen LogP contribution < -0.4 is 11.1 Å². The van der Waals surface area contributed by atoms with Crippen molar-refractivity contribution in [2.45, 2.75) is 47.1 Å². The van der Waals surface area contributed by atoms with E-state index in [0.717, 1.165) is 17.0 Å². The summed E-state index contributed by atoms with van der Waals surface area (Å²) in [6.07, 6.45) is 0.773. The molecule has 3 N–H and O–H groups in total. The van der Waals surface area contributed by atoms with Gasteiger partial charge in [-0.25, -0.2) is 4.79 Å². The third kappa shape index (κ3) is 4.71. The highest BCUT2D eigenvalue weighted by molar-refractivity contribution is 7.18. The number of aromatic nitrogens is 2. The molecule has 2 heterocycles. The number of hydrogen-bond acceptors (Lipinski definition) is 6. The second kappa shape index (κ2) is 9.20. The van der Waals surface area contributed by atoms with Gasteiger partial charge >= 0.3 is 5.97 Å². The van der Waals surface area contributed by atoms with Gasteiger partial charge < -0.3 is 15.8 Å². The van der Waals surface area contributed by atoms with Crippen molar-refractivity contribution in [3.05, 3.63) is 32.4 Å². The molecule has 152 valence electrons. The molecule has 0 aliphatic heterocycles. The third-order valence-electron chi connectivity index (χ3n) is 4.11. The largest absolute Gasteiger partial charge is 0.462 e. The highest BCUT2D eigenvalue weighted by Crippen LogP contribution is 2.33. The molecule has 0 saturated carbocycles. The lowest BCUT2D eigenvalue weighted by molar-refractivity contribution is -0.116. The lowest BCUT2D eigenvalue weighted by Crippen LogP contribution is -2.17. The summed E-state index contributed by atoms with van der Waals surface area (Å²) in [5.74, 6) is -1.58. The summed E-state index contributed by atoms with van der Waals surface area (Å²) < 4.78 is 6.82. The van der Waals surface area contributed by atoms with Crippen molar-refractivity contribution in [1.29, 1.82) is 0 Å². The van der Waals surface area contributed by atoms with Gasteiger partial charge in [-0.3, -0.25) is 14.3 Å². The highest BCUT2D eigenvalue weighted by Gasteiger charge is 2.25. The van der Waals surface area contributed by atoms with Crippen molar-refractivity contribution in [3.8, 4) is 0 Å². The first-order valence-electron chi connectivity index (χ1n) is 8.77. The van der Waals surface area contributed by atoms with Crippen LogP contribution in [0.15, 0.2) is 0 Å². The summed E-state index contributed by atoms with van der Waals surface area (Å²) in [5, 5.41) is 7.80. The normalized spacial score (nSPS) is 10.8. The molecule has 8 nitrogen and oxygen atoms in total. The van der Waals surface area contributed by atoms with Crippen molar-refractivity contribution < 1.29 is 19.1 Å². The number of hydrogen-bond donors (Lipinski definition) is 2. The van der Waals surface area contributed by atoms with Gasteiger partial charge in [-0.2, -0.15) is 5.10 Å². The van der Waals surface area contributed by atoms with E-state index in [2.05, 4.69) is 10.4 Å². The first kappa shape index (κ1) is 21.9. The second-order valence-corrected chi connectivity index (χ2v) is 7.67. The van der Waals surface area contributed by atoms with Crippen LogP contribution in [0, 0.1) is 20.8 Å². The number of ether oxygens (including phenoxy) is 1. The maximum atomic E-state index is 12.4. The number of nitrogens with zero attached hydrogens (tertiary/aromatic N) is 2. The third-order valence-corrected chi connectivity index (χ3v) is 5.88. The number of amides is 2. The van der Waals surface area contributed by atoms with E-state index in [-0.39, 0.29) is 34.4 Å². The number of carbonyl (C=O) groups excluding carboxylic acids is 3. The summed E-state index contributed by atoms with van der Waals surface area (Å²) in [7, 11) is 0. The summed E-state index contributed by atoms with van der Waals surface area (Å²) in [6.45, 7) is 7.66. The quantitative estimate of drug-likeness (QED) is 0.628. The highest BCUT2D eigenvalue weighted by atomic mass is 35.5. The first-order chi connectivity index (χ1) is 13.2. The van der Waals surface area contributed by atoms with Gasteiger partial charge in [0.15, 0.2) is 0 Å². The van der Waals surface area contributed by atoms with Gasteiger partial charge in [-0.1, -0.05) is 18.5 Å². The van der Waals surface area contributed by atoms with Gasteiger partial charge in [0.2, 0.25) is 5.91 Å². The molecule has 0 spiro atoms. The average molecular weight is 427 g/mol. The number of rotatable bonds is 8. The Balaban J connectivity index is 2.18. The Morgan fingerprint density at radius 2 is 1.96 bits per heavy atom. The molecule has 2 aromatic heterocycles. The van der Waals surface area contributed by atoms with Crippen LogP contribution in [0.2, 0.25) is 5.02 Å². The number of primary amides is 1. The Morgan fingerprint density at radius 1 is 1.29 bits per heavy atom. The minimum absolute atomic E-state index is 0.116. The summed E-state index contributed by atoms with van der Waals surface area (Å²) in [6, 6.07) is 0. The maximum Gasteiger partial charge on any atom is 0.341 e. The van der Waals surface area contributed by atoms with E-state index in [1.807, 2.05) is 13.8 Å². The monoisotopic (exact) mass is 426 g/mol. The smallest absolute Gasteiger partial charge is 0.341 e. The van der Waals surface area contributed by atoms with E-state index in [4.69, 9.17) is 22.1 Å². The number of aryl methyl sites for hydroxylation is 2. The van der Waals surface area contributed by atoms with E-state index in [1.165, 1.54) is 0 Å². The van der Waals surface area contributed by atoms with Crippen molar-refractivity contribution >= 4 is 45.7 Å². The fraction of sp³-hybridized carbons (Fsp3) is 0.444. The molecule has 0 fully saturated rings. The number of halogens is 1. The van der Waals surface area contributed by atoms with Crippen LogP contribution in [0.1, 0.15) is 56.7 Å². The zero-order valence-corrected chi connectivity index (χ0v) is 17.8. The molecule has 0 unspecified atom stereocenters. The Bertz CT molecular complexity index is 919. The van der Waals surface area contributed by atoms with Crippen LogP contribution in [-0.2, 0) is 16.1 Å². The molecule has 0 aliphatic rings. The molecular formula is C18H23ClN4O4S. The molecule has 2 rings (SSSR count). The lowest BCUT2D eigenvalue weighted by atomic mass is 10.1. The van der Waals surface area contributed by atoms with Crippen LogP contribution in [-0.4, -0.2) is 34.2 Å². The van der Waals surface area contributed by atoms with Crippen LogP contribution in [0.25, 0.3) is 0 Å². The number of carbonyl (C=O) groups is 3. The molecule has 0 radical (unpaired) electrons. The molecule has 0 bridgehead atoms. The molecule has 0 saturated heterocycles. The summed E-state index contributed by atoms with van der Waals surface area (Å²) >= 11 is 7.08. The van der Waals surface area contributed by atoms with Gasteiger partial charge in [0.25, 0.3) is 5.91 Å². The van der Waals surface area contributed by atoms with E-state index >= 15 is 0 Å². The Kier molecular flexibility index (Phi) is 7.20. The van der Waals surface area contributed by atoms with E-state index in [1.54, 1.807) is 18.5 Å². The first-order valence-corrected chi connectivity index (χ1v) is 9.96. The Morgan fingerprint density at radius 3 is 2.50 bits per heavy atom. The molecule has 0 atom stereocenters. The van der Waals surface area contributed by atoms with Crippen LogP contribution in [0.5, 0.6) is 0 Å². The molecule has 0 aliphatic carbocycles. The van der Waals surface area contributed by atoms with Crippen LogP contribution in [0.4, 0.5) is 5.00 Å². The maximum absolute atomic E-state index is 12.4. The zero-order valence-electron chi connectivity index (χ0n) is 16.2. The minimum atomic E-state index is -0.662. The number of anilines is 1. The number of nitrogens with one attached hydrogen (secondary N) is 1. The zero-order chi connectivity index (χ0) is 21.0. The van der Waals surface area contributed by atoms with Crippen LogP contribution in [0.3, 0.4) is 0 Å². The minimum Gasteiger partial charge on any atom is -0.462 e. The predicted molar refractivity (Wildman–Crippen MR) is 108 cm³/mol. The van der Waals surface area contributed by atoms with Crippen molar-refractivity contribution in [2.75, 3.05) is 11.9 Å². The fourth-order valence-corrected chi connectivity index (χ4v) is 3.84. The molecule has 28 heavy (non-hydrogen) atoms. The van der Waals surface area contributed by atoms with Gasteiger partial charge in [0, 0.05) is 6.42 Å². The van der Waals surface area contributed by atoms with Crippen molar-refractivity contribution in [2.24, 2.45) is 5.73 Å². The average Bonchev–Trinajstić information content (AvgIpc) is 3.09. The number of nitrogens with two attached hydrogens (primary N) is 1. The van der Waals surface area contributed by atoms with Gasteiger partial charge in [-0.05, 0) is 32.8 Å². The standard InChI is InChI=1S/C18H23ClN4O4S/c1-5-8-27-18(26)13-9(2)15(16(20)25)28-17(13)21-12(24)6-7-23-11(4)14(19)10(3)22-23/h5-8H2,1-4H3,(H2,20,25)(H,21,24). The van der Waals surface area contributed by atoms with Gasteiger partial charge in [0.05, 0.1) is 40.0 Å². The fourth-order valence-electron chi connectivity index (χ4n) is 2.64. The topological polar surface area (TPSA) is 116 Å². The Labute approximate surface area is 172 Å². The predicted octanol–water partition coefficient (Wildman–Crippen LogP) is 3.22. The molecule has 2 amide bonds. The lowest BCUT2D eigenvalue weighted by Gasteiger charge is -2.08. The SMILES string of the molecule is CCCOC(=O)c1c(NC(=O)CCn2nc(C)c(Cl)c2C)sc(C(N)=O)c1C. The molecule has 0 aromatic carbocycles. The molecule has 10 heteroatoms. The van der Waals surface area contributed by atoms with E-state index in [9.17, 15) is 14.4 Å². The van der Waals surface area contributed by atoms with E-state index in [0.29, 0.717) is 29.2 Å². The van der Waals surface area contributed by atoms with E-state index < -0.39 is 11.9 Å². The molecule has 2 aromatic rings. The summed E-state index contributed by atoms with van der Waals surface area (Å²) in [5.41, 5.74) is 7.41. The molecular weight excluding hydrogens is 404 g/mol. The van der Waals surface area contributed by atoms with Gasteiger partial charge in [-0.15, -0.1) is 11.3 Å².